The number of pyridine rings is 3. The molecule has 0 saturated heterocycles. The number of para-hydroxylation sites is 2. The molecule has 0 spiro atoms. The Bertz CT molecular complexity index is 6020. The van der Waals surface area contributed by atoms with E-state index in [9.17, 15) is 14.4 Å². The van der Waals surface area contributed by atoms with Gasteiger partial charge in [-0.15, -0.1) is 0 Å². The molecular formula is C80H69N21O5. The monoisotopic (exact) mass is 1400 g/mol. The van der Waals surface area contributed by atoms with Gasteiger partial charge in [0, 0.05) is 126 Å². The van der Waals surface area contributed by atoms with Crippen LogP contribution in [0.25, 0.3) is 94.0 Å². The summed E-state index contributed by atoms with van der Waals surface area (Å²) in [5, 5.41) is 32.4. The van der Waals surface area contributed by atoms with Gasteiger partial charge in [-0.05, 0) is 127 Å². The quantitative estimate of drug-likeness (QED) is 0.0763. The molecule has 5 aromatic carbocycles. The van der Waals surface area contributed by atoms with Crippen molar-refractivity contribution in [2.45, 2.75) is 57.8 Å². The number of hydrogen-bond donors (Lipinski definition) is 3. The second-order valence-corrected chi connectivity index (χ2v) is 25.6. The number of ether oxygens (including phenoxy) is 2. The third kappa shape index (κ3) is 12.8. The van der Waals surface area contributed by atoms with Gasteiger partial charge in [0.25, 0.3) is 16.7 Å². The normalized spacial score (nSPS) is 12.9. The van der Waals surface area contributed by atoms with Crippen LogP contribution < -0.4 is 42.1 Å². The summed E-state index contributed by atoms with van der Waals surface area (Å²) in [6, 6.07) is 50.9. The average molecular weight is 1400 g/mol. The van der Waals surface area contributed by atoms with Crippen LogP contribution in [0.5, 0.6) is 12.0 Å². The number of benzene rings is 5. The Morgan fingerprint density at radius 3 is 1.38 bits per heavy atom. The molecule has 12 aromatic heterocycles. The Labute approximate surface area is 604 Å². The largest absolute Gasteiger partial charge is 0.467 e. The van der Waals surface area contributed by atoms with E-state index in [0.29, 0.717) is 16.4 Å². The number of nitrogens with one attached hydrogen (secondary N) is 3. The van der Waals surface area contributed by atoms with Gasteiger partial charge in [-0.1, -0.05) is 91.0 Å². The van der Waals surface area contributed by atoms with Crippen molar-refractivity contribution in [2.75, 3.05) is 30.2 Å². The van der Waals surface area contributed by atoms with E-state index >= 15 is 0 Å². The van der Waals surface area contributed by atoms with Gasteiger partial charge in [0.15, 0.2) is 16.9 Å². The minimum atomic E-state index is -0.236. The summed E-state index contributed by atoms with van der Waals surface area (Å²) >= 11 is 0. The highest BCUT2D eigenvalue weighted by Crippen LogP contribution is 2.39. The van der Waals surface area contributed by atoms with E-state index < -0.39 is 0 Å². The number of hydrogen-bond acceptors (Lipinski definition) is 19. The van der Waals surface area contributed by atoms with E-state index in [0.717, 1.165) is 125 Å². The fraction of sp³-hybridized carbons (Fsp3) is 0.150. The van der Waals surface area contributed by atoms with Crippen LogP contribution in [-0.4, -0.2) is 101 Å². The van der Waals surface area contributed by atoms with Crippen LogP contribution in [0.3, 0.4) is 0 Å². The number of fused-ring (bicyclic) bond motifs is 6. The predicted molar refractivity (Wildman–Crippen MR) is 408 cm³/mol. The zero-order valence-electron chi connectivity index (χ0n) is 58.4. The van der Waals surface area contributed by atoms with Crippen LogP contribution in [0.4, 0.5) is 17.2 Å². The zero-order valence-corrected chi connectivity index (χ0v) is 58.4. The second-order valence-electron chi connectivity index (χ2n) is 25.6. The summed E-state index contributed by atoms with van der Waals surface area (Å²) in [4.78, 5) is 72.4. The van der Waals surface area contributed by atoms with Crippen molar-refractivity contribution < 1.29 is 9.47 Å². The molecule has 0 bridgehead atoms. The van der Waals surface area contributed by atoms with Crippen molar-refractivity contribution in [1.82, 2.24) is 87.2 Å². The highest BCUT2D eigenvalue weighted by Gasteiger charge is 2.31. The summed E-state index contributed by atoms with van der Waals surface area (Å²) < 4.78 is 22.7. The van der Waals surface area contributed by atoms with Crippen molar-refractivity contribution in [3.63, 3.8) is 0 Å². The lowest BCUT2D eigenvalue weighted by Gasteiger charge is -2.22. The maximum Gasteiger partial charge on any atom is 0.316 e. The number of nitrogens with zero attached hydrogens (tertiary/aromatic N) is 18. The summed E-state index contributed by atoms with van der Waals surface area (Å²) in [6.45, 7) is 6.14. The Balaban J connectivity index is 0.000000122. The van der Waals surface area contributed by atoms with Gasteiger partial charge < -0.3 is 30.0 Å². The third-order valence-corrected chi connectivity index (χ3v) is 18.8. The number of aryl methyl sites for hydroxylation is 1. The minimum absolute atomic E-state index is 0.0637. The van der Waals surface area contributed by atoms with Crippen molar-refractivity contribution in [3.8, 4) is 56.8 Å². The van der Waals surface area contributed by atoms with Gasteiger partial charge in [-0.25, -0.2) is 43.9 Å². The molecule has 0 aliphatic heterocycles. The van der Waals surface area contributed by atoms with Crippen LogP contribution in [-0.2, 0) is 7.05 Å². The van der Waals surface area contributed by atoms with E-state index in [1.54, 1.807) is 95.5 Å². The molecule has 524 valence electrons. The molecule has 106 heavy (non-hydrogen) atoms. The molecule has 17 aromatic rings. The molecule has 3 atom stereocenters. The van der Waals surface area contributed by atoms with Gasteiger partial charge in [-0.2, -0.15) is 24.9 Å². The molecule has 1 saturated carbocycles. The number of aromatic nitrogens is 18. The lowest BCUT2D eigenvalue weighted by molar-refractivity contribution is 0.380. The van der Waals surface area contributed by atoms with Gasteiger partial charge in [0.2, 0.25) is 0 Å². The van der Waals surface area contributed by atoms with E-state index in [-0.39, 0.29) is 52.9 Å². The topological polar surface area (TPSA) is 280 Å². The molecule has 3 N–H and O–H groups in total. The summed E-state index contributed by atoms with van der Waals surface area (Å²) in [7, 11) is 4.93. The van der Waals surface area contributed by atoms with E-state index in [4.69, 9.17) is 9.47 Å². The van der Waals surface area contributed by atoms with Crippen molar-refractivity contribution in [1.29, 1.82) is 0 Å². The molecule has 0 unspecified atom stereocenters. The molecule has 1 aliphatic carbocycles. The molecule has 0 amide bonds. The molecule has 1 fully saturated rings. The molecule has 1 aliphatic rings. The van der Waals surface area contributed by atoms with Crippen LogP contribution >= 0.6 is 0 Å². The minimum Gasteiger partial charge on any atom is -0.467 e. The Hall–Kier alpha value is -14.0. The maximum atomic E-state index is 14.2. The number of methoxy groups -OCH3 is 2. The maximum absolute atomic E-state index is 14.2. The Morgan fingerprint density at radius 1 is 0.434 bits per heavy atom. The fourth-order valence-corrected chi connectivity index (χ4v) is 13.7. The van der Waals surface area contributed by atoms with E-state index in [1.807, 2.05) is 184 Å². The highest BCUT2D eigenvalue weighted by molar-refractivity contribution is 5.98. The Kier molecular flexibility index (Phi) is 17.8. The summed E-state index contributed by atoms with van der Waals surface area (Å²) in [5.74, 6) is 0.777. The standard InChI is InChI=1S/2C28H23N7O2.C24H23N7O/c1-18(33-25-11-13-29-24-12-14-32-35(24)25)23-15-19-7-6-10-22(20-16-30-28(37-2)31-17-20)26(19)27(36)34(23)21-8-4-3-5-9-21;1-18(33-23-11-12-32-34-14-13-29-26(23)34)24-15-19-7-6-10-22(20-16-30-28(37-2)31-17-20)25(19)27(36)35(24)21-8-4-3-5-9-21;1-15(28-20-8-9-26-30-11-10-25-23(20)30)21-12-16-4-3-5-19(17-13-27-29(2)14-17)22(16)24(32)31(21)18-6-7-18/h2*3-18,33H,1-2H3;3-5,8-15,18,28H,6-7H2,1-2H3/t2*18-;15-/m000/s1. The smallest absolute Gasteiger partial charge is 0.316 e. The number of anilines is 3. The lowest BCUT2D eigenvalue weighted by atomic mass is 9.99. The molecule has 26 heteroatoms. The highest BCUT2D eigenvalue weighted by atomic mass is 16.5. The van der Waals surface area contributed by atoms with Gasteiger partial charge >= 0.3 is 12.0 Å². The van der Waals surface area contributed by atoms with Crippen LogP contribution in [0, 0.1) is 0 Å². The first kappa shape index (κ1) is 66.5. The molecular weight excluding hydrogens is 1340 g/mol. The SMILES string of the molecule is COc1ncc(-c2cccc3cc([C@H](C)Nc4ccnc5ccnn45)n(-c4ccccc4)c(=O)c23)cn1.COc1ncc(-c2cccc3cc([C@H](C)Nc4ccnn5ccnc45)n(-c4ccccc4)c(=O)c23)cn1.C[C@H](Nc1ccnn2ccnc12)c1cc2cccc(-c3cnn(C)c3)c2c(=O)n1C1CC1. The average Bonchev–Trinajstić information content (AvgIpc) is 1.18. The van der Waals surface area contributed by atoms with Gasteiger partial charge in [-0.3, -0.25) is 28.2 Å². The van der Waals surface area contributed by atoms with Crippen LogP contribution in [0.15, 0.2) is 259 Å². The fourth-order valence-electron chi connectivity index (χ4n) is 13.7. The van der Waals surface area contributed by atoms with Crippen molar-refractivity contribution in [3.05, 3.63) is 293 Å². The molecule has 0 radical (unpaired) electrons. The third-order valence-electron chi connectivity index (χ3n) is 18.8. The lowest BCUT2D eigenvalue weighted by Crippen LogP contribution is -2.26. The first-order chi connectivity index (χ1) is 51.9. The zero-order chi connectivity index (χ0) is 72.5. The van der Waals surface area contributed by atoms with Crippen LogP contribution in [0.1, 0.15) is 74.9 Å². The predicted octanol–water partition coefficient (Wildman–Crippen LogP) is 13.3. The van der Waals surface area contributed by atoms with E-state index in [1.165, 1.54) is 14.2 Å². The Morgan fingerprint density at radius 2 is 0.896 bits per heavy atom. The second kappa shape index (κ2) is 28.4. The first-order valence-electron chi connectivity index (χ1n) is 34.4. The van der Waals surface area contributed by atoms with Crippen molar-refractivity contribution >= 4 is 66.5 Å². The van der Waals surface area contributed by atoms with Gasteiger partial charge in [0.1, 0.15) is 5.82 Å². The molecule has 26 nitrogen and oxygen atoms in total. The van der Waals surface area contributed by atoms with Crippen molar-refractivity contribution in [2.24, 2.45) is 7.05 Å². The first-order valence-corrected chi connectivity index (χ1v) is 34.4. The molecule has 12 heterocycles. The van der Waals surface area contributed by atoms with E-state index in [2.05, 4.69) is 96.4 Å². The van der Waals surface area contributed by atoms with Gasteiger partial charge in [0.05, 0.1) is 84.7 Å². The van der Waals surface area contributed by atoms with Crippen LogP contribution in [0.2, 0.25) is 0 Å². The molecule has 18 rings (SSSR count). The number of imidazole rings is 2. The number of rotatable bonds is 17. The summed E-state index contributed by atoms with van der Waals surface area (Å²) in [6.07, 6.45) is 26.5. The summed E-state index contributed by atoms with van der Waals surface area (Å²) in [5.41, 5.74) is 12.8.